The molecule has 0 amide bonds. The van der Waals surface area contributed by atoms with Crippen LogP contribution in [0.3, 0.4) is 0 Å². The lowest BCUT2D eigenvalue weighted by Crippen LogP contribution is -2.11. The molecule has 3 aromatic rings. The second-order valence-electron chi connectivity index (χ2n) is 3.60. The zero-order valence-corrected chi connectivity index (χ0v) is 8.54. The van der Waals surface area contributed by atoms with Crippen molar-refractivity contribution in [2.24, 2.45) is 0 Å². The standard InChI is InChI=1S/C11H7N3O3/c15-10-8(11(16)17)9-12-5-6-3-1-2-4-7(6)14(9)13-10/h1-5H,(H,13,15)(H,16,17). The van der Waals surface area contributed by atoms with E-state index < -0.39 is 11.5 Å². The van der Waals surface area contributed by atoms with Crippen molar-refractivity contribution in [2.45, 2.75) is 0 Å². The van der Waals surface area contributed by atoms with Crippen LogP contribution in [-0.4, -0.2) is 25.7 Å². The van der Waals surface area contributed by atoms with Crippen molar-refractivity contribution in [3.63, 3.8) is 0 Å². The number of carbonyl (C=O) groups is 1. The number of benzene rings is 1. The summed E-state index contributed by atoms with van der Waals surface area (Å²) >= 11 is 0. The Morgan fingerprint density at radius 3 is 2.88 bits per heavy atom. The van der Waals surface area contributed by atoms with Crippen molar-refractivity contribution in [1.29, 1.82) is 0 Å². The van der Waals surface area contributed by atoms with Gasteiger partial charge in [-0.3, -0.25) is 9.89 Å². The molecule has 84 valence electrons. The number of nitrogens with zero attached hydrogens (tertiary/aromatic N) is 2. The van der Waals surface area contributed by atoms with Crippen LogP contribution in [0.2, 0.25) is 0 Å². The summed E-state index contributed by atoms with van der Waals surface area (Å²) in [5.41, 5.74) is -0.152. The van der Waals surface area contributed by atoms with Crippen LogP contribution in [0.5, 0.6) is 0 Å². The van der Waals surface area contributed by atoms with Crippen molar-refractivity contribution in [2.75, 3.05) is 0 Å². The van der Waals surface area contributed by atoms with E-state index in [2.05, 4.69) is 10.1 Å². The Labute approximate surface area is 94.1 Å². The van der Waals surface area contributed by atoms with Crippen molar-refractivity contribution in [3.8, 4) is 0 Å². The second kappa shape index (κ2) is 3.18. The Balaban J connectivity index is 2.58. The summed E-state index contributed by atoms with van der Waals surface area (Å²) in [7, 11) is 0. The molecule has 6 nitrogen and oxygen atoms in total. The Morgan fingerprint density at radius 1 is 1.35 bits per heavy atom. The van der Waals surface area contributed by atoms with Gasteiger partial charge >= 0.3 is 5.97 Å². The predicted octanol–water partition coefficient (Wildman–Crippen LogP) is 0.874. The minimum atomic E-state index is -1.28. The average molecular weight is 229 g/mol. The van der Waals surface area contributed by atoms with Gasteiger partial charge in [0.25, 0.3) is 5.56 Å². The second-order valence-corrected chi connectivity index (χ2v) is 3.60. The fourth-order valence-corrected chi connectivity index (χ4v) is 1.84. The van der Waals surface area contributed by atoms with E-state index in [1.807, 2.05) is 12.1 Å². The number of rotatable bonds is 1. The van der Waals surface area contributed by atoms with Crippen LogP contribution < -0.4 is 5.56 Å². The van der Waals surface area contributed by atoms with Gasteiger partial charge in [0.2, 0.25) is 0 Å². The molecular weight excluding hydrogens is 222 g/mol. The highest BCUT2D eigenvalue weighted by Crippen LogP contribution is 2.14. The third kappa shape index (κ3) is 1.24. The van der Waals surface area contributed by atoms with Gasteiger partial charge in [-0.2, -0.15) is 0 Å². The first-order chi connectivity index (χ1) is 8.18. The maximum absolute atomic E-state index is 11.5. The highest BCUT2D eigenvalue weighted by Gasteiger charge is 2.18. The highest BCUT2D eigenvalue weighted by atomic mass is 16.4. The van der Waals surface area contributed by atoms with E-state index in [-0.39, 0.29) is 11.2 Å². The molecule has 0 unspecified atom stereocenters. The predicted molar refractivity (Wildman–Crippen MR) is 60.3 cm³/mol. The lowest BCUT2D eigenvalue weighted by Gasteiger charge is -2.00. The van der Waals surface area contributed by atoms with Gasteiger partial charge in [-0.15, -0.1) is 0 Å². The summed E-state index contributed by atoms with van der Waals surface area (Å²) in [4.78, 5) is 26.5. The van der Waals surface area contributed by atoms with Crippen LogP contribution in [0.25, 0.3) is 16.6 Å². The molecule has 0 atom stereocenters. The molecule has 1 aromatic carbocycles. The normalized spacial score (nSPS) is 11.1. The molecule has 2 heterocycles. The van der Waals surface area contributed by atoms with E-state index in [0.29, 0.717) is 5.52 Å². The molecule has 0 radical (unpaired) electrons. The van der Waals surface area contributed by atoms with Gasteiger partial charge in [0.15, 0.2) is 11.2 Å². The molecule has 0 saturated heterocycles. The number of carboxylic acids is 1. The largest absolute Gasteiger partial charge is 0.477 e. The third-order valence-corrected chi connectivity index (χ3v) is 2.59. The number of hydrogen-bond acceptors (Lipinski definition) is 3. The number of aromatic amines is 1. The van der Waals surface area contributed by atoms with E-state index in [4.69, 9.17) is 5.11 Å². The molecule has 6 heteroatoms. The van der Waals surface area contributed by atoms with Crippen LogP contribution >= 0.6 is 0 Å². The van der Waals surface area contributed by atoms with Gasteiger partial charge in [-0.25, -0.2) is 14.3 Å². The molecule has 2 aromatic heterocycles. The number of para-hydroxylation sites is 1. The van der Waals surface area contributed by atoms with Gasteiger partial charge in [-0.05, 0) is 6.07 Å². The lowest BCUT2D eigenvalue weighted by atomic mass is 10.2. The van der Waals surface area contributed by atoms with Crippen LogP contribution in [-0.2, 0) is 0 Å². The summed E-state index contributed by atoms with van der Waals surface area (Å²) in [6.45, 7) is 0. The average Bonchev–Trinajstić information content (AvgIpc) is 2.65. The molecule has 0 aliphatic rings. The molecule has 0 aliphatic carbocycles. The van der Waals surface area contributed by atoms with Crippen LogP contribution in [0, 0.1) is 0 Å². The van der Waals surface area contributed by atoms with E-state index in [1.165, 1.54) is 4.52 Å². The highest BCUT2D eigenvalue weighted by molar-refractivity contribution is 5.95. The molecule has 0 bridgehead atoms. The van der Waals surface area contributed by atoms with Crippen molar-refractivity contribution in [3.05, 3.63) is 46.4 Å². The van der Waals surface area contributed by atoms with Gasteiger partial charge < -0.3 is 5.11 Å². The van der Waals surface area contributed by atoms with Crippen molar-refractivity contribution >= 4 is 22.5 Å². The summed E-state index contributed by atoms with van der Waals surface area (Å²) in [5, 5.41) is 12.2. The Bertz CT molecular complexity index is 800. The molecule has 17 heavy (non-hydrogen) atoms. The van der Waals surface area contributed by atoms with Crippen molar-refractivity contribution < 1.29 is 9.90 Å². The maximum Gasteiger partial charge on any atom is 0.345 e. The Kier molecular flexibility index (Phi) is 1.79. The Morgan fingerprint density at radius 2 is 2.12 bits per heavy atom. The first-order valence-corrected chi connectivity index (χ1v) is 4.90. The Hall–Kier alpha value is -2.63. The number of carboxylic acid groups (broad SMARTS) is 1. The minimum Gasteiger partial charge on any atom is -0.477 e. The van der Waals surface area contributed by atoms with Gasteiger partial charge in [0, 0.05) is 11.6 Å². The molecule has 2 N–H and O–H groups in total. The topological polar surface area (TPSA) is 87.5 Å². The zero-order valence-electron chi connectivity index (χ0n) is 8.54. The summed E-state index contributed by atoms with van der Waals surface area (Å²) < 4.78 is 1.39. The lowest BCUT2D eigenvalue weighted by molar-refractivity contribution is 0.0697. The monoisotopic (exact) mass is 229 g/mol. The first-order valence-electron chi connectivity index (χ1n) is 4.90. The zero-order chi connectivity index (χ0) is 12.0. The third-order valence-electron chi connectivity index (χ3n) is 2.59. The molecule has 3 rings (SSSR count). The van der Waals surface area contributed by atoms with Crippen LogP contribution in [0.15, 0.2) is 35.3 Å². The molecule has 0 saturated carbocycles. The molecular formula is C11H7N3O3. The number of nitrogens with one attached hydrogen (secondary N) is 1. The summed E-state index contributed by atoms with van der Waals surface area (Å²) in [6.07, 6.45) is 1.55. The van der Waals surface area contributed by atoms with Crippen molar-refractivity contribution in [1.82, 2.24) is 14.6 Å². The number of aromatic carboxylic acids is 1. The number of hydrogen-bond donors (Lipinski definition) is 2. The van der Waals surface area contributed by atoms with Crippen LogP contribution in [0.4, 0.5) is 0 Å². The molecule has 0 aliphatic heterocycles. The summed E-state index contributed by atoms with van der Waals surface area (Å²) in [6, 6.07) is 7.27. The number of aromatic nitrogens is 3. The quantitative estimate of drug-likeness (QED) is 0.648. The fourth-order valence-electron chi connectivity index (χ4n) is 1.84. The first kappa shape index (κ1) is 9.59. The van der Waals surface area contributed by atoms with E-state index in [1.54, 1.807) is 18.3 Å². The van der Waals surface area contributed by atoms with E-state index >= 15 is 0 Å². The fraction of sp³-hybridized carbons (Fsp3) is 0. The molecule has 0 spiro atoms. The summed E-state index contributed by atoms with van der Waals surface area (Å²) in [5.74, 6) is -1.28. The van der Waals surface area contributed by atoms with Gasteiger partial charge in [0.05, 0.1) is 5.52 Å². The smallest absolute Gasteiger partial charge is 0.345 e. The minimum absolute atomic E-state index is 0.126. The number of H-pyrrole nitrogens is 1. The van der Waals surface area contributed by atoms with Gasteiger partial charge in [-0.1, -0.05) is 18.2 Å². The SMILES string of the molecule is O=C(O)c1c(=O)[nH]n2c1ncc1ccccc12. The van der Waals surface area contributed by atoms with E-state index in [9.17, 15) is 9.59 Å². The van der Waals surface area contributed by atoms with Crippen LogP contribution in [0.1, 0.15) is 10.4 Å². The number of fused-ring (bicyclic) bond motifs is 3. The maximum atomic E-state index is 11.5. The molecule has 0 fully saturated rings. The van der Waals surface area contributed by atoms with E-state index in [0.717, 1.165) is 5.39 Å². The van der Waals surface area contributed by atoms with Gasteiger partial charge in [0.1, 0.15) is 0 Å².